The number of hydrogen-bond acceptors (Lipinski definition) is 3. The summed E-state index contributed by atoms with van der Waals surface area (Å²) in [7, 11) is 0. The molecule has 0 aliphatic heterocycles. The van der Waals surface area contributed by atoms with E-state index < -0.39 is 0 Å². The lowest BCUT2D eigenvalue weighted by molar-refractivity contribution is 0.276. The Balaban J connectivity index is 1.93. The fourth-order valence-electron chi connectivity index (χ4n) is 1.53. The molecule has 0 N–H and O–H groups in total. The van der Waals surface area contributed by atoms with Crippen LogP contribution in [0.4, 0.5) is 0 Å². The van der Waals surface area contributed by atoms with Gasteiger partial charge in [-0.15, -0.1) is 22.7 Å². The van der Waals surface area contributed by atoms with Crippen molar-refractivity contribution in [2.45, 2.75) is 20.0 Å². The van der Waals surface area contributed by atoms with E-state index in [0.29, 0.717) is 0 Å². The van der Waals surface area contributed by atoms with Crippen molar-refractivity contribution in [2.24, 2.45) is 0 Å². The maximum Gasteiger partial charge on any atom is 0.0331 e. The molecule has 80 valence electrons. The molecule has 2 aromatic rings. The van der Waals surface area contributed by atoms with Gasteiger partial charge in [0.2, 0.25) is 0 Å². The van der Waals surface area contributed by atoms with Gasteiger partial charge in [0, 0.05) is 22.8 Å². The molecule has 0 radical (unpaired) electrons. The lowest BCUT2D eigenvalue weighted by Crippen LogP contribution is -2.21. The van der Waals surface area contributed by atoms with Gasteiger partial charge in [-0.3, -0.25) is 4.90 Å². The molecule has 3 heteroatoms. The van der Waals surface area contributed by atoms with Crippen molar-refractivity contribution < 1.29 is 0 Å². The van der Waals surface area contributed by atoms with Gasteiger partial charge in [0.25, 0.3) is 0 Å². The summed E-state index contributed by atoms with van der Waals surface area (Å²) in [4.78, 5) is 5.37. The normalized spacial score (nSPS) is 11.1. The average molecular weight is 237 g/mol. The predicted octanol–water partition coefficient (Wildman–Crippen LogP) is 3.83. The molecule has 0 aliphatic rings. The molecule has 0 spiro atoms. The summed E-state index contributed by atoms with van der Waals surface area (Å²) in [6.07, 6.45) is 0. The van der Waals surface area contributed by atoms with E-state index in [1.165, 1.54) is 9.75 Å². The van der Waals surface area contributed by atoms with E-state index in [0.717, 1.165) is 19.6 Å². The van der Waals surface area contributed by atoms with Gasteiger partial charge >= 0.3 is 0 Å². The molecule has 2 heterocycles. The fraction of sp³-hybridized carbons (Fsp3) is 0.333. The van der Waals surface area contributed by atoms with E-state index in [9.17, 15) is 0 Å². The third kappa shape index (κ3) is 3.16. The highest BCUT2D eigenvalue weighted by molar-refractivity contribution is 7.10. The number of rotatable bonds is 5. The van der Waals surface area contributed by atoms with Crippen LogP contribution in [0.25, 0.3) is 0 Å². The molecule has 0 unspecified atom stereocenters. The Bertz CT molecular complexity index is 328. The van der Waals surface area contributed by atoms with Gasteiger partial charge in [-0.25, -0.2) is 0 Å². The minimum atomic E-state index is 1.08. The first-order chi connectivity index (χ1) is 7.38. The molecule has 2 rings (SSSR count). The average Bonchev–Trinajstić information content (AvgIpc) is 2.89. The lowest BCUT2D eigenvalue weighted by atomic mass is 10.3. The van der Waals surface area contributed by atoms with Crippen LogP contribution in [0.1, 0.15) is 16.7 Å². The second-order valence-electron chi connectivity index (χ2n) is 3.46. The van der Waals surface area contributed by atoms with Crippen LogP contribution in [0.15, 0.2) is 35.0 Å². The topological polar surface area (TPSA) is 3.24 Å². The highest BCUT2D eigenvalue weighted by Gasteiger charge is 2.05. The largest absolute Gasteiger partial charge is 0.293 e. The Hall–Kier alpha value is -0.640. The number of nitrogens with zero attached hydrogens (tertiary/aromatic N) is 1. The van der Waals surface area contributed by atoms with Gasteiger partial charge in [0.1, 0.15) is 0 Å². The third-order valence-electron chi connectivity index (χ3n) is 2.37. The minimum Gasteiger partial charge on any atom is -0.293 e. The van der Waals surface area contributed by atoms with Crippen LogP contribution in [-0.4, -0.2) is 11.4 Å². The quantitative estimate of drug-likeness (QED) is 0.764. The lowest BCUT2D eigenvalue weighted by Gasteiger charge is -2.18. The monoisotopic (exact) mass is 237 g/mol. The molecule has 0 amide bonds. The van der Waals surface area contributed by atoms with Gasteiger partial charge in [-0.2, -0.15) is 0 Å². The summed E-state index contributed by atoms with van der Waals surface area (Å²) in [6.45, 7) is 5.48. The van der Waals surface area contributed by atoms with Gasteiger partial charge in [0.15, 0.2) is 0 Å². The molecular formula is C12H15NS2. The summed E-state index contributed by atoms with van der Waals surface area (Å²) >= 11 is 3.68. The Kier molecular flexibility index (Phi) is 3.94. The van der Waals surface area contributed by atoms with E-state index in [1.807, 2.05) is 22.7 Å². The van der Waals surface area contributed by atoms with Crippen LogP contribution >= 0.6 is 22.7 Å². The Labute approximate surface area is 99.0 Å². The molecule has 0 aliphatic carbocycles. The van der Waals surface area contributed by atoms with Crippen LogP contribution in [0.5, 0.6) is 0 Å². The fourth-order valence-corrected chi connectivity index (χ4v) is 3.02. The first kappa shape index (κ1) is 10.9. The zero-order valence-corrected chi connectivity index (χ0v) is 10.5. The first-order valence-electron chi connectivity index (χ1n) is 5.15. The molecule has 0 saturated carbocycles. The Morgan fingerprint density at radius 2 is 1.53 bits per heavy atom. The maximum absolute atomic E-state index is 2.47. The molecule has 0 fully saturated rings. The summed E-state index contributed by atoms with van der Waals surface area (Å²) in [5, 5.41) is 4.29. The van der Waals surface area contributed by atoms with Crippen molar-refractivity contribution in [3.8, 4) is 0 Å². The van der Waals surface area contributed by atoms with E-state index in [-0.39, 0.29) is 0 Å². The van der Waals surface area contributed by atoms with Crippen molar-refractivity contribution in [3.05, 3.63) is 44.8 Å². The SMILES string of the molecule is CCN(Cc1cccs1)Cc1cccs1. The Morgan fingerprint density at radius 3 is 1.87 bits per heavy atom. The van der Waals surface area contributed by atoms with Crippen LogP contribution in [0, 0.1) is 0 Å². The maximum atomic E-state index is 2.47. The van der Waals surface area contributed by atoms with E-state index in [2.05, 4.69) is 46.8 Å². The molecule has 1 nitrogen and oxygen atoms in total. The smallest absolute Gasteiger partial charge is 0.0331 e. The summed E-state index contributed by atoms with van der Waals surface area (Å²) in [5.41, 5.74) is 0. The van der Waals surface area contributed by atoms with Crippen molar-refractivity contribution in [1.29, 1.82) is 0 Å². The minimum absolute atomic E-state index is 1.08. The summed E-state index contributed by atoms with van der Waals surface area (Å²) in [6, 6.07) is 8.67. The highest BCUT2D eigenvalue weighted by atomic mass is 32.1. The van der Waals surface area contributed by atoms with Crippen molar-refractivity contribution in [1.82, 2.24) is 4.90 Å². The van der Waals surface area contributed by atoms with Crippen molar-refractivity contribution in [3.63, 3.8) is 0 Å². The van der Waals surface area contributed by atoms with E-state index in [4.69, 9.17) is 0 Å². The number of hydrogen-bond donors (Lipinski definition) is 0. The standard InChI is InChI=1S/C12H15NS2/c1-2-13(9-11-5-3-7-14-11)10-12-6-4-8-15-12/h3-8H,2,9-10H2,1H3. The Morgan fingerprint density at radius 1 is 1.00 bits per heavy atom. The van der Waals surface area contributed by atoms with Gasteiger partial charge in [-0.1, -0.05) is 19.1 Å². The zero-order valence-electron chi connectivity index (χ0n) is 8.85. The predicted molar refractivity (Wildman–Crippen MR) is 68.4 cm³/mol. The molecule has 15 heavy (non-hydrogen) atoms. The van der Waals surface area contributed by atoms with Crippen molar-refractivity contribution >= 4 is 22.7 Å². The zero-order chi connectivity index (χ0) is 10.5. The van der Waals surface area contributed by atoms with E-state index >= 15 is 0 Å². The molecule has 0 bridgehead atoms. The first-order valence-corrected chi connectivity index (χ1v) is 6.91. The van der Waals surface area contributed by atoms with E-state index in [1.54, 1.807) is 0 Å². The summed E-state index contributed by atoms with van der Waals surface area (Å²) < 4.78 is 0. The van der Waals surface area contributed by atoms with Gasteiger partial charge in [-0.05, 0) is 29.4 Å². The molecule has 0 aromatic carbocycles. The second kappa shape index (κ2) is 5.45. The van der Waals surface area contributed by atoms with Gasteiger partial charge in [0.05, 0.1) is 0 Å². The van der Waals surface area contributed by atoms with Crippen LogP contribution in [-0.2, 0) is 13.1 Å². The van der Waals surface area contributed by atoms with Crippen molar-refractivity contribution in [2.75, 3.05) is 6.54 Å². The number of thiophene rings is 2. The van der Waals surface area contributed by atoms with Gasteiger partial charge < -0.3 is 0 Å². The van der Waals surface area contributed by atoms with Crippen LogP contribution in [0.3, 0.4) is 0 Å². The highest BCUT2D eigenvalue weighted by Crippen LogP contribution is 2.16. The molecule has 0 atom stereocenters. The summed E-state index contributed by atoms with van der Waals surface area (Å²) in [5.74, 6) is 0. The molecular weight excluding hydrogens is 222 g/mol. The second-order valence-corrected chi connectivity index (χ2v) is 5.53. The molecule has 0 saturated heterocycles. The van der Waals surface area contributed by atoms with Crippen LogP contribution in [0.2, 0.25) is 0 Å². The third-order valence-corrected chi connectivity index (χ3v) is 4.09. The van der Waals surface area contributed by atoms with Crippen LogP contribution < -0.4 is 0 Å². The molecule has 2 aromatic heterocycles.